The summed E-state index contributed by atoms with van der Waals surface area (Å²) in [6, 6.07) is 1.97. The summed E-state index contributed by atoms with van der Waals surface area (Å²) in [6.45, 7) is 4.90. The number of rotatable bonds is 6. The second kappa shape index (κ2) is 6.21. The van der Waals surface area contributed by atoms with Gasteiger partial charge in [0.05, 0.1) is 24.0 Å². The minimum Gasteiger partial charge on any atom is -0.478 e. The molecule has 0 aliphatic carbocycles. The average Bonchev–Trinajstić information content (AvgIpc) is 2.97. The quantitative estimate of drug-likeness (QED) is 0.792. The summed E-state index contributed by atoms with van der Waals surface area (Å²) in [5.41, 5.74) is 2.04. The van der Waals surface area contributed by atoms with Crippen LogP contribution in [0.2, 0.25) is 0 Å². The van der Waals surface area contributed by atoms with Crippen molar-refractivity contribution in [2.75, 3.05) is 6.54 Å². The van der Waals surface area contributed by atoms with Crippen LogP contribution in [-0.4, -0.2) is 43.1 Å². The molecular formula is C13H17N5O3. The first-order valence-electron chi connectivity index (χ1n) is 6.49. The number of aromatic nitrogens is 4. The Bertz CT molecular complexity index is 659. The molecule has 2 heterocycles. The number of carbonyl (C=O) groups is 2. The molecule has 0 aromatic carbocycles. The van der Waals surface area contributed by atoms with E-state index in [-0.39, 0.29) is 18.0 Å². The third-order valence-corrected chi connectivity index (χ3v) is 2.93. The van der Waals surface area contributed by atoms with E-state index in [1.807, 2.05) is 24.6 Å². The van der Waals surface area contributed by atoms with Crippen LogP contribution in [0.4, 0.5) is 0 Å². The lowest BCUT2D eigenvalue weighted by molar-refractivity contribution is -0.121. The lowest BCUT2D eigenvalue weighted by atomic mass is 10.4. The van der Waals surface area contributed by atoms with Crippen LogP contribution in [0.5, 0.6) is 0 Å². The van der Waals surface area contributed by atoms with Crippen LogP contribution >= 0.6 is 0 Å². The molecule has 2 N–H and O–H groups in total. The van der Waals surface area contributed by atoms with Crippen molar-refractivity contribution in [3.63, 3.8) is 0 Å². The summed E-state index contributed by atoms with van der Waals surface area (Å²) in [7, 11) is 0. The third-order valence-electron chi connectivity index (χ3n) is 2.93. The van der Waals surface area contributed by atoms with Gasteiger partial charge in [-0.1, -0.05) is 0 Å². The van der Waals surface area contributed by atoms with Crippen LogP contribution in [-0.2, 0) is 17.9 Å². The highest BCUT2D eigenvalue weighted by molar-refractivity contribution is 5.87. The van der Waals surface area contributed by atoms with Crippen LogP contribution in [0.25, 0.3) is 0 Å². The fourth-order valence-corrected chi connectivity index (χ4v) is 1.97. The van der Waals surface area contributed by atoms with E-state index in [0.29, 0.717) is 13.1 Å². The normalized spacial score (nSPS) is 10.6. The van der Waals surface area contributed by atoms with Crippen molar-refractivity contribution in [3.8, 4) is 0 Å². The SMILES string of the molecule is Cc1cc(C)n(CCNC(=O)Cn2cc(C(=O)O)cn2)n1. The molecule has 0 saturated heterocycles. The molecule has 2 rings (SSSR count). The van der Waals surface area contributed by atoms with Crippen LogP contribution < -0.4 is 5.32 Å². The number of nitrogens with one attached hydrogen (secondary N) is 1. The van der Waals surface area contributed by atoms with E-state index in [9.17, 15) is 9.59 Å². The van der Waals surface area contributed by atoms with Crippen molar-refractivity contribution in [1.82, 2.24) is 24.9 Å². The molecule has 0 unspecified atom stereocenters. The van der Waals surface area contributed by atoms with Gasteiger partial charge in [-0.25, -0.2) is 4.79 Å². The van der Waals surface area contributed by atoms with Crippen LogP contribution in [0.15, 0.2) is 18.5 Å². The van der Waals surface area contributed by atoms with Crippen molar-refractivity contribution in [2.24, 2.45) is 0 Å². The van der Waals surface area contributed by atoms with Gasteiger partial charge in [0, 0.05) is 18.4 Å². The van der Waals surface area contributed by atoms with E-state index < -0.39 is 5.97 Å². The van der Waals surface area contributed by atoms with Gasteiger partial charge in [0.2, 0.25) is 5.91 Å². The van der Waals surface area contributed by atoms with E-state index in [0.717, 1.165) is 11.4 Å². The van der Waals surface area contributed by atoms with Gasteiger partial charge in [-0.15, -0.1) is 0 Å². The molecule has 2 aromatic rings. The third kappa shape index (κ3) is 3.91. The Morgan fingerprint density at radius 3 is 2.71 bits per heavy atom. The fraction of sp³-hybridized carbons (Fsp3) is 0.385. The van der Waals surface area contributed by atoms with E-state index in [4.69, 9.17) is 5.11 Å². The number of hydrogen-bond donors (Lipinski definition) is 2. The van der Waals surface area contributed by atoms with Crippen LogP contribution in [0, 0.1) is 13.8 Å². The molecule has 0 saturated carbocycles. The molecule has 0 radical (unpaired) electrons. The Morgan fingerprint density at radius 2 is 2.14 bits per heavy atom. The first kappa shape index (κ1) is 14.8. The summed E-state index contributed by atoms with van der Waals surface area (Å²) in [4.78, 5) is 22.4. The van der Waals surface area contributed by atoms with Gasteiger partial charge in [0.15, 0.2) is 0 Å². The fourth-order valence-electron chi connectivity index (χ4n) is 1.97. The molecule has 112 valence electrons. The second-order valence-corrected chi connectivity index (χ2v) is 4.73. The van der Waals surface area contributed by atoms with Gasteiger partial charge in [-0.05, 0) is 19.9 Å². The molecule has 1 amide bonds. The number of carboxylic acid groups (broad SMARTS) is 1. The number of aryl methyl sites for hydroxylation is 2. The Kier molecular flexibility index (Phi) is 4.36. The number of nitrogens with zero attached hydrogens (tertiary/aromatic N) is 4. The van der Waals surface area contributed by atoms with Crippen molar-refractivity contribution < 1.29 is 14.7 Å². The topological polar surface area (TPSA) is 102 Å². The van der Waals surface area contributed by atoms with Crippen LogP contribution in [0.3, 0.4) is 0 Å². The molecule has 21 heavy (non-hydrogen) atoms. The zero-order chi connectivity index (χ0) is 15.4. The lowest BCUT2D eigenvalue weighted by Crippen LogP contribution is -2.31. The van der Waals surface area contributed by atoms with Crippen molar-refractivity contribution >= 4 is 11.9 Å². The predicted octanol–water partition coefficient (Wildman–Crippen LogP) is 0.211. The Balaban J connectivity index is 1.79. The molecule has 0 spiro atoms. The summed E-state index contributed by atoms with van der Waals surface area (Å²) in [5.74, 6) is -1.29. The molecule has 0 fully saturated rings. The standard InChI is InChI=1S/C13H17N5O3/c1-9-5-10(2)18(16-9)4-3-14-12(19)8-17-7-11(6-15-17)13(20)21/h5-7H,3-4,8H2,1-2H3,(H,14,19)(H,20,21). The molecule has 8 nitrogen and oxygen atoms in total. The maximum Gasteiger partial charge on any atom is 0.338 e. The smallest absolute Gasteiger partial charge is 0.338 e. The lowest BCUT2D eigenvalue weighted by Gasteiger charge is -2.07. The van der Waals surface area contributed by atoms with E-state index >= 15 is 0 Å². The van der Waals surface area contributed by atoms with Gasteiger partial charge in [-0.3, -0.25) is 14.2 Å². The van der Waals surface area contributed by atoms with Gasteiger partial charge in [0.25, 0.3) is 0 Å². The molecular weight excluding hydrogens is 274 g/mol. The van der Waals surface area contributed by atoms with Gasteiger partial charge < -0.3 is 10.4 Å². The van der Waals surface area contributed by atoms with E-state index in [1.54, 1.807) is 0 Å². The zero-order valence-corrected chi connectivity index (χ0v) is 11.9. The number of carboxylic acids is 1. The minimum atomic E-state index is -1.06. The van der Waals surface area contributed by atoms with Gasteiger partial charge in [-0.2, -0.15) is 10.2 Å². The van der Waals surface area contributed by atoms with E-state index in [2.05, 4.69) is 15.5 Å². The van der Waals surface area contributed by atoms with Gasteiger partial charge >= 0.3 is 5.97 Å². The monoisotopic (exact) mass is 291 g/mol. The Hall–Kier alpha value is -2.64. The number of aromatic carboxylic acids is 1. The molecule has 2 aromatic heterocycles. The highest BCUT2D eigenvalue weighted by Gasteiger charge is 2.09. The maximum atomic E-state index is 11.7. The summed E-state index contributed by atoms with van der Waals surface area (Å²) >= 11 is 0. The molecule has 0 aliphatic heterocycles. The average molecular weight is 291 g/mol. The summed E-state index contributed by atoms with van der Waals surface area (Å²) in [6.07, 6.45) is 2.54. The highest BCUT2D eigenvalue weighted by Crippen LogP contribution is 2.00. The largest absolute Gasteiger partial charge is 0.478 e. The van der Waals surface area contributed by atoms with Gasteiger partial charge in [0.1, 0.15) is 6.54 Å². The predicted molar refractivity (Wildman–Crippen MR) is 73.9 cm³/mol. The molecule has 0 bridgehead atoms. The second-order valence-electron chi connectivity index (χ2n) is 4.73. The minimum absolute atomic E-state index is 0.00953. The highest BCUT2D eigenvalue weighted by atomic mass is 16.4. The molecule has 0 atom stereocenters. The first-order chi connectivity index (χ1) is 9.95. The first-order valence-corrected chi connectivity index (χ1v) is 6.49. The molecule has 8 heteroatoms. The summed E-state index contributed by atoms with van der Waals surface area (Å²) < 4.78 is 3.12. The Labute approximate surface area is 121 Å². The maximum absolute atomic E-state index is 11.7. The van der Waals surface area contributed by atoms with Crippen molar-refractivity contribution in [3.05, 3.63) is 35.4 Å². The van der Waals surface area contributed by atoms with Crippen molar-refractivity contribution in [1.29, 1.82) is 0 Å². The summed E-state index contributed by atoms with van der Waals surface area (Å²) in [5, 5.41) is 19.6. The number of carbonyl (C=O) groups excluding carboxylic acids is 1. The van der Waals surface area contributed by atoms with E-state index in [1.165, 1.54) is 17.1 Å². The number of hydrogen-bond acceptors (Lipinski definition) is 4. The Morgan fingerprint density at radius 1 is 1.38 bits per heavy atom. The van der Waals surface area contributed by atoms with Crippen molar-refractivity contribution in [2.45, 2.75) is 26.9 Å². The van der Waals surface area contributed by atoms with Crippen LogP contribution in [0.1, 0.15) is 21.7 Å². The number of amides is 1. The zero-order valence-electron chi connectivity index (χ0n) is 11.9. The molecule has 0 aliphatic rings.